The van der Waals surface area contributed by atoms with Crippen LogP contribution < -0.4 is 15.6 Å². The third-order valence-corrected chi connectivity index (χ3v) is 8.37. The summed E-state index contributed by atoms with van der Waals surface area (Å²) >= 11 is 0. The van der Waals surface area contributed by atoms with E-state index in [4.69, 9.17) is 4.74 Å². The molecule has 1 aromatic heterocycles. The summed E-state index contributed by atoms with van der Waals surface area (Å²) in [5, 5.41) is 2.78. The van der Waals surface area contributed by atoms with Crippen LogP contribution in [0.5, 0.6) is 5.75 Å². The molecule has 1 N–H and O–H groups in total. The Kier molecular flexibility index (Phi) is 5.75. The number of carbonyl (C=O) groups is 1. The number of benzene rings is 2. The number of hydrogen-bond donors (Lipinski definition) is 1. The number of pyridine rings is 1. The highest BCUT2D eigenvalue weighted by molar-refractivity contribution is 7.89. The minimum Gasteiger partial charge on any atom is -0.497 e. The predicted molar refractivity (Wildman–Crippen MR) is 128 cm³/mol. The quantitative estimate of drug-likeness (QED) is 0.607. The van der Waals surface area contributed by atoms with E-state index in [1.54, 1.807) is 53.1 Å². The van der Waals surface area contributed by atoms with E-state index in [1.807, 2.05) is 6.07 Å². The molecule has 1 fully saturated rings. The van der Waals surface area contributed by atoms with E-state index in [0.29, 0.717) is 36.6 Å². The minimum atomic E-state index is -3.71. The molecule has 9 heteroatoms. The summed E-state index contributed by atoms with van der Waals surface area (Å²) in [5.74, 6) is 0.361. The van der Waals surface area contributed by atoms with Gasteiger partial charge in [0.25, 0.3) is 11.5 Å². The molecule has 5 rings (SSSR count). The van der Waals surface area contributed by atoms with Crippen molar-refractivity contribution in [2.45, 2.75) is 23.8 Å². The van der Waals surface area contributed by atoms with Crippen LogP contribution in [-0.4, -0.2) is 43.4 Å². The first-order chi connectivity index (χ1) is 16.3. The molecule has 1 amide bonds. The van der Waals surface area contributed by atoms with Crippen LogP contribution in [0.15, 0.2) is 76.4 Å². The zero-order valence-electron chi connectivity index (χ0n) is 18.7. The molecule has 0 radical (unpaired) electrons. The van der Waals surface area contributed by atoms with E-state index in [0.717, 1.165) is 12.1 Å². The maximum atomic E-state index is 13.4. The van der Waals surface area contributed by atoms with Crippen molar-refractivity contribution in [3.05, 3.63) is 88.3 Å². The van der Waals surface area contributed by atoms with E-state index in [1.165, 1.54) is 23.5 Å². The van der Waals surface area contributed by atoms with Crippen molar-refractivity contribution < 1.29 is 17.9 Å². The molecule has 3 heterocycles. The van der Waals surface area contributed by atoms with Crippen LogP contribution in [0.25, 0.3) is 0 Å². The Labute approximate surface area is 197 Å². The lowest BCUT2D eigenvalue weighted by Crippen LogP contribution is -2.48. The van der Waals surface area contributed by atoms with Gasteiger partial charge in [0.2, 0.25) is 10.0 Å². The van der Waals surface area contributed by atoms with Crippen molar-refractivity contribution in [3.63, 3.8) is 0 Å². The van der Waals surface area contributed by atoms with Crippen LogP contribution in [0.1, 0.15) is 28.4 Å². The summed E-state index contributed by atoms with van der Waals surface area (Å²) in [5.41, 5.74) is 1.81. The summed E-state index contributed by atoms with van der Waals surface area (Å²) in [7, 11) is -2.17. The number of hydrogen-bond acceptors (Lipinski definition) is 5. The van der Waals surface area contributed by atoms with Crippen molar-refractivity contribution in [1.29, 1.82) is 0 Å². The first-order valence-corrected chi connectivity index (χ1v) is 12.5. The van der Waals surface area contributed by atoms with Crippen molar-refractivity contribution in [3.8, 4) is 5.75 Å². The number of amides is 1. The number of aromatic nitrogens is 1. The Balaban J connectivity index is 1.32. The molecular weight excluding hydrogens is 454 g/mol. The molecule has 176 valence electrons. The number of nitrogens with one attached hydrogen (secondary N) is 1. The fraction of sp³-hybridized carbons (Fsp3) is 0.280. The molecule has 0 unspecified atom stereocenters. The van der Waals surface area contributed by atoms with Gasteiger partial charge < -0.3 is 14.6 Å². The van der Waals surface area contributed by atoms with E-state index in [9.17, 15) is 18.0 Å². The molecule has 2 bridgehead atoms. The Morgan fingerprint density at radius 3 is 2.53 bits per heavy atom. The fourth-order valence-corrected chi connectivity index (χ4v) is 6.44. The SMILES string of the molecule is COc1cccc(C(=O)Nc2ccc(S(=O)(=O)N3C[C@@H]4C[C@@H](C3)c3cccc(=O)n3C4)cc2)c1. The molecule has 2 atom stereocenters. The summed E-state index contributed by atoms with van der Waals surface area (Å²) in [6.07, 6.45) is 0.880. The smallest absolute Gasteiger partial charge is 0.255 e. The van der Waals surface area contributed by atoms with Crippen LogP contribution in [0.3, 0.4) is 0 Å². The summed E-state index contributed by atoms with van der Waals surface area (Å²) in [6, 6.07) is 18.2. The van der Waals surface area contributed by atoms with Gasteiger partial charge in [0.1, 0.15) is 5.75 Å². The Morgan fingerprint density at radius 2 is 1.76 bits per heavy atom. The molecule has 0 saturated carbocycles. The number of piperidine rings is 1. The lowest BCUT2D eigenvalue weighted by atomic mass is 9.84. The van der Waals surface area contributed by atoms with Gasteiger partial charge in [-0.1, -0.05) is 12.1 Å². The molecule has 0 aliphatic carbocycles. The molecule has 8 nitrogen and oxygen atoms in total. The largest absolute Gasteiger partial charge is 0.497 e. The summed E-state index contributed by atoms with van der Waals surface area (Å²) < 4.78 is 35.2. The molecule has 2 aromatic carbocycles. The number of rotatable bonds is 5. The summed E-state index contributed by atoms with van der Waals surface area (Å²) in [4.78, 5) is 24.9. The molecular formula is C25H25N3O5S. The number of methoxy groups -OCH3 is 1. The maximum Gasteiger partial charge on any atom is 0.255 e. The number of nitrogens with zero attached hydrogens (tertiary/aromatic N) is 2. The van der Waals surface area contributed by atoms with Crippen molar-refractivity contribution in [1.82, 2.24) is 8.87 Å². The molecule has 2 aliphatic heterocycles. The van der Waals surface area contributed by atoms with Crippen LogP contribution in [0, 0.1) is 5.92 Å². The summed E-state index contributed by atoms with van der Waals surface area (Å²) in [6.45, 7) is 1.26. The van der Waals surface area contributed by atoms with Crippen LogP contribution >= 0.6 is 0 Å². The van der Waals surface area contributed by atoms with Gasteiger partial charge in [0, 0.05) is 48.6 Å². The second-order valence-electron chi connectivity index (χ2n) is 8.73. The highest BCUT2D eigenvalue weighted by atomic mass is 32.2. The van der Waals surface area contributed by atoms with E-state index in [-0.39, 0.29) is 28.2 Å². The number of ether oxygens (including phenoxy) is 1. The number of anilines is 1. The molecule has 2 aliphatic rings. The van der Waals surface area contributed by atoms with Crippen molar-refractivity contribution in [2.75, 3.05) is 25.5 Å². The zero-order chi connectivity index (χ0) is 23.9. The Bertz CT molecular complexity index is 1400. The number of sulfonamides is 1. The average molecular weight is 480 g/mol. The van der Waals surface area contributed by atoms with Gasteiger partial charge in [-0.05, 0) is 60.9 Å². The first kappa shape index (κ1) is 22.4. The molecule has 0 spiro atoms. The average Bonchev–Trinajstić information content (AvgIpc) is 2.85. The van der Waals surface area contributed by atoms with Gasteiger partial charge in [-0.15, -0.1) is 0 Å². The van der Waals surface area contributed by atoms with E-state index < -0.39 is 10.0 Å². The third-order valence-electron chi connectivity index (χ3n) is 6.53. The third kappa shape index (κ3) is 4.12. The van der Waals surface area contributed by atoms with Gasteiger partial charge >= 0.3 is 0 Å². The van der Waals surface area contributed by atoms with Gasteiger partial charge in [-0.25, -0.2) is 8.42 Å². The van der Waals surface area contributed by atoms with Crippen LogP contribution in [0.4, 0.5) is 5.69 Å². The standard InChI is InChI=1S/C25H25N3O5S/c1-33-21-5-2-4-18(13-21)25(30)26-20-8-10-22(11-9-20)34(31,32)27-14-17-12-19(16-27)23-6-3-7-24(29)28(23)15-17/h2-11,13,17,19H,12,14-16H2,1H3,(H,26,30)/t17-,19-/m0/s1. The second-order valence-corrected chi connectivity index (χ2v) is 10.7. The molecule has 3 aromatic rings. The zero-order valence-corrected chi connectivity index (χ0v) is 19.5. The van der Waals surface area contributed by atoms with Gasteiger partial charge in [0.05, 0.1) is 12.0 Å². The van der Waals surface area contributed by atoms with Crippen LogP contribution in [-0.2, 0) is 16.6 Å². The Morgan fingerprint density at radius 1 is 1.00 bits per heavy atom. The number of carbonyl (C=O) groups excluding carboxylic acids is 1. The minimum absolute atomic E-state index is 0.00222. The highest BCUT2D eigenvalue weighted by Crippen LogP contribution is 2.37. The van der Waals surface area contributed by atoms with Gasteiger partial charge in [-0.3, -0.25) is 9.59 Å². The lowest BCUT2D eigenvalue weighted by Gasteiger charge is -2.42. The van der Waals surface area contributed by atoms with Gasteiger partial charge in [-0.2, -0.15) is 4.31 Å². The normalized spacial score (nSPS) is 19.8. The monoisotopic (exact) mass is 479 g/mol. The lowest BCUT2D eigenvalue weighted by molar-refractivity contribution is 0.102. The first-order valence-electron chi connectivity index (χ1n) is 11.1. The maximum absolute atomic E-state index is 13.4. The van der Waals surface area contributed by atoms with Crippen molar-refractivity contribution >= 4 is 21.6 Å². The predicted octanol–water partition coefficient (Wildman–Crippen LogP) is 2.92. The number of fused-ring (bicyclic) bond motifs is 4. The molecule has 1 saturated heterocycles. The highest BCUT2D eigenvalue weighted by Gasteiger charge is 2.39. The second kappa shape index (κ2) is 8.73. The van der Waals surface area contributed by atoms with E-state index in [2.05, 4.69) is 5.32 Å². The van der Waals surface area contributed by atoms with Crippen LogP contribution in [0.2, 0.25) is 0 Å². The Hall–Kier alpha value is -3.43. The topological polar surface area (TPSA) is 97.7 Å². The fourth-order valence-electron chi connectivity index (χ4n) is 4.88. The van der Waals surface area contributed by atoms with Gasteiger partial charge in [0.15, 0.2) is 0 Å². The van der Waals surface area contributed by atoms with E-state index >= 15 is 0 Å². The van der Waals surface area contributed by atoms with Crippen molar-refractivity contribution in [2.24, 2.45) is 5.92 Å². The molecule has 34 heavy (non-hydrogen) atoms.